The molecule has 1 aliphatic rings. The lowest BCUT2D eigenvalue weighted by Crippen LogP contribution is -2.35. The van der Waals surface area contributed by atoms with Crippen molar-refractivity contribution in [1.29, 1.82) is 0 Å². The first-order chi connectivity index (χ1) is 7.70. The van der Waals surface area contributed by atoms with Crippen molar-refractivity contribution in [3.63, 3.8) is 0 Å². The molecule has 1 aliphatic heterocycles. The van der Waals surface area contributed by atoms with Crippen LogP contribution in [-0.2, 0) is 0 Å². The van der Waals surface area contributed by atoms with Crippen molar-refractivity contribution in [2.24, 2.45) is 5.92 Å². The molecule has 1 fully saturated rings. The molecule has 0 bridgehead atoms. The van der Waals surface area contributed by atoms with Gasteiger partial charge in [-0.1, -0.05) is 0 Å². The second kappa shape index (κ2) is 5.47. The Balaban J connectivity index is 2.08. The predicted octanol–water partition coefficient (Wildman–Crippen LogP) is 2.82. The summed E-state index contributed by atoms with van der Waals surface area (Å²) < 4.78 is 2.00. The number of hydrogen-bond donors (Lipinski definition) is 1. The fourth-order valence-electron chi connectivity index (χ4n) is 1.97. The van der Waals surface area contributed by atoms with Gasteiger partial charge in [-0.2, -0.15) is 0 Å². The van der Waals surface area contributed by atoms with Crippen LogP contribution in [0.3, 0.4) is 0 Å². The number of aliphatic hydroxyl groups excluding tert-OH is 1. The van der Waals surface area contributed by atoms with Gasteiger partial charge in [0, 0.05) is 30.4 Å². The number of pyridine rings is 1. The molecule has 0 aromatic carbocycles. The lowest BCUT2D eigenvalue weighted by molar-refractivity contribution is 0.202. The van der Waals surface area contributed by atoms with E-state index in [1.54, 1.807) is 0 Å². The molecule has 1 saturated heterocycles. The van der Waals surface area contributed by atoms with Gasteiger partial charge in [-0.25, -0.2) is 4.98 Å². The summed E-state index contributed by atoms with van der Waals surface area (Å²) in [6.07, 6.45) is 3.90. The van der Waals surface area contributed by atoms with Crippen LogP contribution in [0.15, 0.2) is 21.2 Å². The molecule has 0 radical (unpaired) electrons. The Kier molecular flexibility index (Phi) is 4.21. The second-order valence-corrected chi connectivity index (χ2v) is 5.84. The first-order valence-electron chi connectivity index (χ1n) is 5.37. The summed E-state index contributed by atoms with van der Waals surface area (Å²) in [7, 11) is 0. The standard InChI is InChI=1S/C11H14Br2N2O/c12-9-5-10(13)11(14-6-9)15-3-1-8(7-16)2-4-15/h5-6,8,16H,1-4,7H2. The Hall–Kier alpha value is -0.130. The van der Waals surface area contributed by atoms with Crippen molar-refractivity contribution in [2.45, 2.75) is 12.8 Å². The zero-order chi connectivity index (χ0) is 11.5. The molecule has 88 valence electrons. The molecule has 1 aromatic rings. The van der Waals surface area contributed by atoms with E-state index in [4.69, 9.17) is 5.11 Å². The zero-order valence-corrected chi connectivity index (χ0v) is 12.0. The first kappa shape index (κ1) is 12.3. The van der Waals surface area contributed by atoms with Gasteiger partial charge in [0.05, 0.1) is 4.47 Å². The SMILES string of the molecule is OCC1CCN(c2ncc(Br)cc2Br)CC1. The average Bonchev–Trinajstić information content (AvgIpc) is 2.29. The molecule has 1 aromatic heterocycles. The fraction of sp³-hybridized carbons (Fsp3) is 0.545. The zero-order valence-electron chi connectivity index (χ0n) is 8.87. The molecular formula is C11H14Br2N2O. The van der Waals surface area contributed by atoms with Crippen LogP contribution in [0, 0.1) is 5.92 Å². The summed E-state index contributed by atoms with van der Waals surface area (Å²) in [6.45, 7) is 2.25. The average molecular weight is 350 g/mol. The van der Waals surface area contributed by atoms with Crippen LogP contribution in [0.1, 0.15) is 12.8 Å². The maximum atomic E-state index is 9.09. The van der Waals surface area contributed by atoms with Crippen molar-refractivity contribution in [3.8, 4) is 0 Å². The molecule has 0 unspecified atom stereocenters. The maximum absolute atomic E-state index is 9.09. The maximum Gasteiger partial charge on any atom is 0.142 e. The van der Waals surface area contributed by atoms with E-state index in [0.717, 1.165) is 40.7 Å². The van der Waals surface area contributed by atoms with E-state index < -0.39 is 0 Å². The van der Waals surface area contributed by atoms with Crippen LogP contribution in [0.25, 0.3) is 0 Å². The van der Waals surface area contributed by atoms with Crippen LogP contribution in [0.2, 0.25) is 0 Å². The molecule has 16 heavy (non-hydrogen) atoms. The van der Waals surface area contributed by atoms with E-state index in [0.29, 0.717) is 12.5 Å². The highest BCUT2D eigenvalue weighted by molar-refractivity contribution is 9.11. The van der Waals surface area contributed by atoms with Gasteiger partial charge in [0.25, 0.3) is 0 Å². The highest BCUT2D eigenvalue weighted by atomic mass is 79.9. The van der Waals surface area contributed by atoms with Crippen LogP contribution in [-0.4, -0.2) is 29.8 Å². The van der Waals surface area contributed by atoms with Gasteiger partial charge in [0.2, 0.25) is 0 Å². The predicted molar refractivity (Wildman–Crippen MR) is 71.7 cm³/mol. The summed E-state index contributed by atoms with van der Waals surface area (Å²) in [5, 5.41) is 9.09. The highest BCUT2D eigenvalue weighted by Gasteiger charge is 2.20. The third kappa shape index (κ3) is 2.76. The van der Waals surface area contributed by atoms with Crippen LogP contribution >= 0.6 is 31.9 Å². The van der Waals surface area contributed by atoms with Gasteiger partial charge in [-0.3, -0.25) is 0 Å². The largest absolute Gasteiger partial charge is 0.396 e. The molecule has 5 heteroatoms. The van der Waals surface area contributed by atoms with Gasteiger partial charge in [-0.15, -0.1) is 0 Å². The van der Waals surface area contributed by atoms with E-state index in [1.807, 2.05) is 12.3 Å². The number of halogens is 2. The number of piperidine rings is 1. The monoisotopic (exact) mass is 348 g/mol. The minimum absolute atomic E-state index is 0.308. The van der Waals surface area contributed by atoms with Crippen molar-refractivity contribution < 1.29 is 5.11 Å². The number of aromatic nitrogens is 1. The lowest BCUT2D eigenvalue weighted by atomic mass is 9.98. The van der Waals surface area contributed by atoms with E-state index in [1.165, 1.54) is 0 Å². The van der Waals surface area contributed by atoms with Crippen molar-refractivity contribution in [3.05, 3.63) is 21.2 Å². The number of rotatable bonds is 2. The Bertz CT molecular complexity index is 365. The Morgan fingerprint density at radius 2 is 2.06 bits per heavy atom. The molecule has 0 atom stereocenters. The van der Waals surface area contributed by atoms with Crippen molar-refractivity contribution >= 4 is 37.7 Å². The van der Waals surface area contributed by atoms with E-state index >= 15 is 0 Å². The summed E-state index contributed by atoms with van der Waals surface area (Å²) in [5.41, 5.74) is 0. The molecule has 3 nitrogen and oxygen atoms in total. The van der Waals surface area contributed by atoms with Crippen LogP contribution < -0.4 is 4.90 Å². The Morgan fingerprint density at radius 1 is 1.38 bits per heavy atom. The molecule has 0 spiro atoms. The second-order valence-electron chi connectivity index (χ2n) is 4.07. The molecule has 0 aliphatic carbocycles. The topological polar surface area (TPSA) is 36.4 Å². The number of nitrogens with zero attached hydrogens (tertiary/aromatic N) is 2. The Morgan fingerprint density at radius 3 is 2.62 bits per heavy atom. The number of aliphatic hydroxyl groups is 1. The fourth-order valence-corrected chi connectivity index (χ4v) is 3.21. The summed E-state index contributed by atoms with van der Waals surface area (Å²) in [4.78, 5) is 6.69. The summed E-state index contributed by atoms with van der Waals surface area (Å²) in [5.74, 6) is 1.46. The van der Waals surface area contributed by atoms with Gasteiger partial charge >= 0.3 is 0 Å². The van der Waals surface area contributed by atoms with Crippen LogP contribution in [0.4, 0.5) is 5.82 Å². The normalized spacial score (nSPS) is 17.8. The Labute approximate surface area is 112 Å². The highest BCUT2D eigenvalue weighted by Crippen LogP contribution is 2.29. The van der Waals surface area contributed by atoms with E-state index in [9.17, 15) is 0 Å². The van der Waals surface area contributed by atoms with Gasteiger partial charge in [0.1, 0.15) is 5.82 Å². The third-order valence-electron chi connectivity index (χ3n) is 2.96. The molecular weight excluding hydrogens is 336 g/mol. The summed E-state index contributed by atoms with van der Waals surface area (Å²) in [6, 6.07) is 2.01. The summed E-state index contributed by atoms with van der Waals surface area (Å²) >= 11 is 6.93. The molecule has 1 N–H and O–H groups in total. The minimum atomic E-state index is 0.308. The molecule has 2 heterocycles. The van der Waals surface area contributed by atoms with Gasteiger partial charge in [-0.05, 0) is 56.7 Å². The minimum Gasteiger partial charge on any atom is -0.396 e. The molecule has 0 saturated carbocycles. The van der Waals surface area contributed by atoms with E-state index in [2.05, 4.69) is 41.7 Å². The van der Waals surface area contributed by atoms with Gasteiger partial charge < -0.3 is 10.0 Å². The lowest BCUT2D eigenvalue weighted by Gasteiger charge is -2.32. The smallest absolute Gasteiger partial charge is 0.142 e. The number of anilines is 1. The molecule has 0 amide bonds. The van der Waals surface area contributed by atoms with Crippen molar-refractivity contribution in [1.82, 2.24) is 4.98 Å². The van der Waals surface area contributed by atoms with Gasteiger partial charge in [0.15, 0.2) is 0 Å². The number of hydrogen-bond acceptors (Lipinski definition) is 3. The van der Waals surface area contributed by atoms with Crippen LogP contribution in [0.5, 0.6) is 0 Å². The first-order valence-corrected chi connectivity index (χ1v) is 6.96. The van der Waals surface area contributed by atoms with Crippen molar-refractivity contribution in [2.75, 3.05) is 24.6 Å². The third-order valence-corrected chi connectivity index (χ3v) is 3.98. The van der Waals surface area contributed by atoms with E-state index in [-0.39, 0.29) is 0 Å². The molecule has 2 rings (SSSR count). The quantitative estimate of drug-likeness (QED) is 0.891.